The number of Topliss-reactive ketones (excluding diaryl/α,β-unsaturated/α-hetero) is 1. The van der Waals surface area contributed by atoms with Gasteiger partial charge in [0, 0.05) is 16.0 Å². The van der Waals surface area contributed by atoms with Gasteiger partial charge in [0.25, 0.3) is 0 Å². The lowest BCUT2D eigenvalue weighted by molar-refractivity contribution is 0.104. The standard InChI is InChI=1S/C23H17FO3S/c1-26-20-12-15(13-22-23(25)17-7-3-5-9-21(17)28-22)10-11-19(20)27-14-16-6-2-4-8-18(16)24/h2-13H,14H2,1H3/b22-13-. The summed E-state index contributed by atoms with van der Waals surface area (Å²) in [7, 11) is 1.55. The molecule has 0 aromatic heterocycles. The number of hydrogen-bond acceptors (Lipinski definition) is 4. The van der Waals surface area contributed by atoms with Crippen LogP contribution in [-0.2, 0) is 6.61 Å². The topological polar surface area (TPSA) is 35.5 Å². The quantitative estimate of drug-likeness (QED) is 0.519. The van der Waals surface area contributed by atoms with E-state index in [-0.39, 0.29) is 18.2 Å². The Bertz CT molecular complexity index is 1070. The number of carbonyl (C=O) groups excluding carboxylic acids is 1. The van der Waals surface area contributed by atoms with Crippen LogP contribution in [0.1, 0.15) is 21.5 Å². The van der Waals surface area contributed by atoms with Crippen molar-refractivity contribution in [3.63, 3.8) is 0 Å². The molecule has 3 aromatic carbocycles. The van der Waals surface area contributed by atoms with Crippen LogP contribution in [0.4, 0.5) is 4.39 Å². The molecule has 1 aliphatic heterocycles. The molecule has 0 unspecified atom stereocenters. The molecule has 5 heteroatoms. The zero-order chi connectivity index (χ0) is 19.5. The third-order valence-corrected chi connectivity index (χ3v) is 5.50. The fraction of sp³-hybridized carbons (Fsp3) is 0.0870. The van der Waals surface area contributed by atoms with Crippen LogP contribution >= 0.6 is 11.8 Å². The van der Waals surface area contributed by atoms with Crippen LogP contribution in [0.2, 0.25) is 0 Å². The highest BCUT2D eigenvalue weighted by Gasteiger charge is 2.25. The third-order valence-electron chi connectivity index (χ3n) is 4.40. The van der Waals surface area contributed by atoms with Crippen molar-refractivity contribution >= 4 is 23.6 Å². The summed E-state index contributed by atoms with van der Waals surface area (Å²) in [6.07, 6.45) is 1.84. The molecule has 0 bridgehead atoms. The van der Waals surface area contributed by atoms with Crippen molar-refractivity contribution in [1.82, 2.24) is 0 Å². The average molecular weight is 392 g/mol. The largest absolute Gasteiger partial charge is 0.493 e. The zero-order valence-corrected chi connectivity index (χ0v) is 16.0. The summed E-state index contributed by atoms with van der Waals surface area (Å²) in [4.78, 5) is 14.2. The van der Waals surface area contributed by atoms with E-state index in [1.165, 1.54) is 17.8 Å². The summed E-state index contributed by atoms with van der Waals surface area (Å²) in [5.74, 6) is 0.763. The summed E-state index contributed by atoms with van der Waals surface area (Å²) >= 11 is 1.46. The zero-order valence-electron chi connectivity index (χ0n) is 15.1. The van der Waals surface area contributed by atoms with Gasteiger partial charge in [-0.25, -0.2) is 4.39 Å². The van der Waals surface area contributed by atoms with Gasteiger partial charge in [0.05, 0.1) is 12.0 Å². The Kier molecular flexibility index (Phi) is 5.17. The average Bonchev–Trinajstić information content (AvgIpc) is 3.03. The van der Waals surface area contributed by atoms with E-state index in [9.17, 15) is 9.18 Å². The van der Waals surface area contributed by atoms with Gasteiger partial charge in [0.2, 0.25) is 5.78 Å². The molecule has 0 amide bonds. The van der Waals surface area contributed by atoms with Crippen LogP contribution in [0.5, 0.6) is 11.5 Å². The fourth-order valence-electron chi connectivity index (χ4n) is 2.95. The molecule has 3 aromatic rings. The molecule has 28 heavy (non-hydrogen) atoms. The van der Waals surface area contributed by atoms with Gasteiger partial charge >= 0.3 is 0 Å². The smallest absolute Gasteiger partial charge is 0.200 e. The van der Waals surface area contributed by atoms with Gasteiger partial charge in [0.15, 0.2) is 11.5 Å². The molecule has 0 radical (unpaired) electrons. The van der Waals surface area contributed by atoms with Crippen molar-refractivity contribution < 1.29 is 18.7 Å². The van der Waals surface area contributed by atoms with E-state index in [1.807, 2.05) is 36.4 Å². The second-order valence-electron chi connectivity index (χ2n) is 6.23. The van der Waals surface area contributed by atoms with E-state index in [0.717, 1.165) is 16.0 Å². The van der Waals surface area contributed by atoms with E-state index in [4.69, 9.17) is 9.47 Å². The Morgan fingerprint density at radius 3 is 2.57 bits per heavy atom. The Morgan fingerprint density at radius 2 is 1.79 bits per heavy atom. The Balaban J connectivity index is 1.55. The number of thioether (sulfide) groups is 1. The molecule has 1 heterocycles. The molecule has 0 N–H and O–H groups in total. The number of ether oxygens (including phenoxy) is 2. The maximum atomic E-state index is 13.8. The Labute approximate surface area is 166 Å². The first kappa shape index (κ1) is 18.3. The van der Waals surface area contributed by atoms with Gasteiger partial charge in [-0.3, -0.25) is 4.79 Å². The lowest BCUT2D eigenvalue weighted by Crippen LogP contribution is -2.00. The number of hydrogen-bond donors (Lipinski definition) is 0. The second kappa shape index (κ2) is 7.90. The Hall–Kier alpha value is -3.05. The minimum atomic E-state index is -0.306. The summed E-state index contributed by atoms with van der Waals surface area (Å²) < 4.78 is 24.9. The van der Waals surface area contributed by atoms with E-state index in [0.29, 0.717) is 22.0 Å². The molecule has 0 saturated carbocycles. The summed E-state index contributed by atoms with van der Waals surface area (Å²) in [6.45, 7) is 0.104. The highest BCUT2D eigenvalue weighted by Crippen LogP contribution is 2.41. The van der Waals surface area contributed by atoms with E-state index in [1.54, 1.807) is 37.4 Å². The molecule has 0 spiro atoms. The van der Waals surface area contributed by atoms with Crippen LogP contribution in [0, 0.1) is 5.82 Å². The molecular formula is C23H17FO3S. The summed E-state index contributed by atoms with van der Waals surface area (Å²) in [5, 5.41) is 0. The predicted molar refractivity (Wildman–Crippen MR) is 108 cm³/mol. The molecule has 0 aliphatic carbocycles. The first-order chi connectivity index (χ1) is 13.7. The number of fused-ring (bicyclic) bond motifs is 1. The lowest BCUT2D eigenvalue weighted by atomic mass is 10.1. The molecule has 3 nitrogen and oxygen atoms in total. The Morgan fingerprint density at radius 1 is 1.00 bits per heavy atom. The fourth-order valence-corrected chi connectivity index (χ4v) is 4.00. The van der Waals surface area contributed by atoms with Gasteiger partial charge < -0.3 is 9.47 Å². The van der Waals surface area contributed by atoms with Gasteiger partial charge in [-0.15, -0.1) is 0 Å². The highest BCUT2D eigenvalue weighted by atomic mass is 32.2. The monoisotopic (exact) mass is 392 g/mol. The molecule has 4 rings (SSSR count). The molecule has 140 valence electrons. The number of halogens is 1. The van der Waals surface area contributed by atoms with Crippen molar-refractivity contribution in [2.75, 3.05) is 7.11 Å². The number of rotatable bonds is 5. The van der Waals surface area contributed by atoms with Crippen LogP contribution in [-0.4, -0.2) is 12.9 Å². The summed E-state index contributed by atoms with van der Waals surface area (Å²) in [5.41, 5.74) is 2.04. The lowest BCUT2D eigenvalue weighted by Gasteiger charge is -2.12. The number of carbonyl (C=O) groups is 1. The van der Waals surface area contributed by atoms with E-state index >= 15 is 0 Å². The number of methoxy groups -OCH3 is 1. The normalized spacial score (nSPS) is 14.2. The maximum absolute atomic E-state index is 13.8. The van der Waals surface area contributed by atoms with Crippen molar-refractivity contribution in [3.05, 3.63) is 94.1 Å². The van der Waals surface area contributed by atoms with Crippen molar-refractivity contribution in [3.8, 4) is 11.5 Å². The summed E-state index contributed by atoms with van der Waals surface area (Å²) in [6, 6.07) is 19.5. The van der Waals surface area contributed by atoms with Crippen LogP contribution < -0.4 is 9.47 Å². The van der Waals surface area contributed by atoms with Crippen molar-refractivity contribution in [1.29, 1.82) is 0 Å². The van der Waals surface area contributed by atoms with E-state index in [2.05, 4.69) is 0 Å². The maximum Gasteiger partial charge on any atom is 0.200 e. The number of allylic oxidation sites excluding steroid dienone is 1. The molecule has 0 saturated heterocycles. The molecule has 0 atom stereocenters. The molecule has 1 aliphatic rings. The third kappa shape index (κ3) is 3.66. The minimum Gasteiger partial charge on any atom is -0.493 e. The first-order valence-electron chi connectivity index (χ1n) is 8.73. The van der Waals surface area contributed by atoms with Crippen LogP contribution in [0.15, 0.2) is 76.5 Å². The molecular weight excluding hydrogens is 375 g/mol. The second-order valence-corrected chi connectivity index (χ2v) is 7.31. The highest BCUT2D eigenvalue weighted by molar-refractivity contribution is 8.04. The van der Waals surface area contributed by atoms with Crippen LogP contribution in [0.25, 0.3) is 6.08 Å². The minimum absolute atomic E-state index is 0.0273. The SMILES string of the molecule is COc1cc(/C=C2\Sc3ccccc3C2=O)ccc1OCc1ccccc1F. The molecule has 0 fully saturated rings. The predicted octanol–water partition coefficient (Wildman–Crippen LogP) is 5.74. The van der Waals surface area contributed by atoms with Crippen molar-refractivity contribution in [2.45, 2.75) is 11.5 Å². The van der Waals surface area contributed by atoms with Gasteiger partial charge in [-0.1, -0.05) is 48.2 Å². The number of ketones is 1. The van der Waals surface area contributed by atoms with Gasteiger partial charge in [-0.05, 0) is 42.0 Å². The van der Waals surface area contributed by atoms with Gasteiger partial charge in [-0.2, -0.15) is 0 Å². The van der Waals surface area contributed by atoms with Gasteiger partial charge in [0.1, 0.15) is 12.4 Å². The van der Waals surface area contributed by atoms with E-state index < -0.39 is 0 Å². The first-order valence-corrected chi connectivity index (χ1v) is 9.55. The van der Waals surface area contributed by atoms with Crippen LogP contribution in [0.3, 0.4) is 0 Å². The number of benzene rings is 3. The van der Waals surface area contributed by atoms with Crippen molar-refractivity contribution in [2.24, 2.45) is 0 Å².